The number of likely N-dealkylation sites (tertiary alicyclic amines) is 1. The third-order valence-corrected chi connectivity index (χ3v) is 5.83. The fraction of sp³-hybridized carbons (Fsp3) is 0.500. The van der Waals surface area contributed by atoms with Crippen LogP contribution in [0.15, 0.2) is 24.3 Å². The van der Waals surface area contributed by atoms with Gasteiger partial charge in [-0.15, -0.1) is 0 Å². The minimum atomic E-state index is -4.41. The number of aromatic nitrogens is 2. The number of nitrogens with one attached hydrogen (secondary N) is 1. The van der Waals surface area contributed by atoms with E-state index in [2.05, 4.69) is 22.4 Å². The fourth-order valence-corrected chi connectivity index (χ4v) is 4.62. The normalized spacial score (nSPS) is 18.7. The van der Waals surface area contributed by atoms with Crippen molar-refractivity contribution in [2.24, 2.45) is 5.41 Å². The number of nitrogens with two attached hydrogens (primary N) is 1. The number of ether oxygens (including phenoxy) is 1. The number of hydrogen-bond acceptors (Lipinski definition) is 5. The maximum atomic E-state index is 12.5. The van der Waals surface area contributed by atoms with E-state index in [4.69, 9.17) is 10.5 Å². The van der Waals surface area contributed by atoms with Crippen LogP contribution in [0, 0.1) is 5.41 Å². The molecular weight excluding hydrogens is 399 g/mol. The third-order valence-electron chi connectivity index (χ3n) is 5.83. The molecule has 1 aromatic carbocycles. The van der Waals surface area contributed by atoms with Gasteiger partial charge in [-0.25, -0.2) is 4.68 Å². The van der Waals surface area contributed by atoms with E-state index < -0.39 is 12.8 Å². The molecule has 10 heteroatoms. The summed E-state index contributed by atoms with van der Waals surface area (Å²) >= 11 is 0. The summed E-state index contributed by atoms with van der Waals surface area (Å²) in [6.45, 7) is 0.745. The smallest absolute Gasteiger partial charge is 0.422 e. The van der Waals surface area contributed by atoms with Gasteiger partial charge in [-0.05, 0) is 49.6 Å². The SMILES string of the molecule is CNC(=O)c1c(-c2ccc(OCC(F)(F)F)cc2)nn(C2CC3(C2)CN(C)C3)c1N. The summed E-state index contributed by atoms with van der Waals surface area (Å²) in [6.07, 6.45) is -2.49. The van der Waals surface area contributed by atoms with Crippen molar-refractivity contribution in [2.75, 3.05) is 39.5 Å². The first-order valence-corrected chi connectivity index (χ1v) is 9.69. The number of nitrogens with zero attached hydrogens (tertiary/aromatic N) is 3. The third kappa shape index (κ3) is 3.71. The highest BCUT2D eigenvalue weighted by Crippen LogP contribution is 2.54. The summed E-state index contributed by atoms with van der Waals surface area (Å²) in [5, 5.41) is 7.21. The average Bonchev–Trinajstić information content (AvgIpc) is 2.98. The lowest BCUT2D eigenvalue weighted by Crippen LogP contribution is -2.60. The second-order valence-electron chi connectivity index (χ2n) is 8.30. The lowest BCUT2D eigenvalue weighted by Gasteiger charge is -2.58. The van der Waals surface area contributed by atoms with Crippen molar-refractivity contribution in [3.8, 4) is 17.0 Å². The Morgan fingerprint density at radius 3 is 2.47 bits per heavy atom. The molecule has 0 unspecified atom stereocenters. The van der Waals surface area contributed by atoms with Crippen LogP contribution in [0.4, 0.5) is 19.0 Å². The summed E-state index contributed by atoms with van der Waals surface area (Å²) < 4.78 is 43.5. The van der Waals surface area contributed by atoms with E-state index in [0.29, 0.717) is 22.5 Å². The number of nitrogen functional groups attached to an aromatic ring is 1. The standard InChI is InChI=1S/C20H24F3N5O2/c1-25-18(29)15-16(12-3-5-14(6-4-12)30-11-20(21,22)23)26-28(17(15)24)13-7-19(8-13)9-27(2)10-19/h3-6,13H,7-11,24H2,1-2H3,(H,25,29). The molecule has 30 heavy (non-hydrogen) atoms. The van der Waals surface area contributed by atoms with Crippen molar-refractivity contribution >= 4 is 11.7 Å². The van der Waals surface area contributed by atoms with Crippen LogP contribution in [0.2, 0.25) is 0 Å². The number of carbonyl (C=O) groups is 1. The molecule has 1 saturated carbocycles. The maximum absolute atomic E-state index is 12.5. The van der Waals surface area contributed by atoms with E-state index in [0.717, 1.165) is 25.9 Å². The number of halogens is 3. The van der Waals surface area contributed by atoms with Gasteiger partial charge in [0.2, 0.25) is 0 Å². The Morgan fingerprint density at radius 2 is 1.93 bits per heavy atom. The molecule has 1 aliphatic carbocycles. The first-order chi connectivity index (χ1) is 14.1. The molecule has 0 radical (unpaired) electrons. The number of benzene rings is 1. The fourth-order valence-electron chi connectivity index (χ4n) is 4.62. The molecule has 7 nitrogen and oxygen atoms in total. The average molecular weight is 423 g/mol. The van der Waals surface area contributed by atoms with Crippen molar-refractivity contribution < 1.29 is 22.7 Å². The van der Waals surface area contributed by atoms with E-state index in [1.807, 2.05) is 0 Å². The molecule has 2 aromatic rings. The zero-order valence-corrected chi connectivity index (χ0v) is 16.8. The van der Waals surface area contributed by atoms with Gasteiger partial charge >= 0.3 is 6.18 Å². The lowest BCUT2D eigenvalue weighted by molar-refractivity contribution is -0.153. The van der Waals surface area contributed by atoms with E-state index in [9.17, 15) is 18.0 Å². The van der Waals surface area contributed by atoms with E-state index in [-0.39, 0.29) is 23.3 Å². The van der Waals surface area contributed by atoms with Crippen molar-refractivity contribution in [3.05, 3.63) is 29.8 Å². The summed E-state index contributed by atoms with van der Waals surface area (Å²) in [5.41, 5.74) is 7.89. The summed E-state index contributed by atoms with van der Waals surface area (Å²) in [4.78, 5) is 14.8. The van der Waals surface area contributed by atoms with Crippen LogP contribution in [-0.4, -0.2) is 60.6 Å². The topological polar surface area (TPSA) is 85.4 Å². The molecule has 4 rings (SSSR count). The quantitative estimate of drug-likeness (QED) is 0.773. The molecule has 2 aliphatic rings. The molecule has 162 valence electrons. The Bertz CT molecular complexity index is 941. The Kier molecular flexibility index (Phi) is 4.92. The molecule has 0 bridgehead atoms. The molecule has 1 spiro atoms. The zero-order valence-electron chi connectivity index (χ0n) is 16.8. The Labute approximate surface area is 172 Å². The van der Waals surface area contributed by atoms with Gasteiger partial charge < -0.3 is 20.7 Å². The van der Waals surface area contributed by atoms with Crippen molar-refractivity contribution in [1.29, 1.82) is 0 Å². The Balaban J connectivity index is 1.58. The van der Waals surface area contributed by atoms with Gasteiger partial charge in [0.25, 0.3) is 5.91 Å². The molecule has 1 aliphatic heterocycles. The molecular formula is C20H24F3N5O2. The first-order valence-electron chi connectivity index (χ1n) is 9.69. The molecule has 0 atom stereocenters. The van der Waals surface area contributed by atoms with Crippen LogP contribution < -0.4 is 15.8 Å². The van der Waals surface area contributed by atoms with E-state index in [1.165, 1.54) is 19.2 Å². The number of anilines is 1. The van der Waals surface area contributed by atoms with Gasteiger partial charge in [0.15, 0.2) is 6.61 Å². The predicted molar refractivity (Wildman–Crippen MR) is 105 cm³/mol. The highest BCUT2D eigenvalue weighted by molar-refractivity contribution is 6.04. The Hall–Kier alpha value is -2.75. The van der Waals surface area contributed by atoms with Crippen LogP contribution in [0.1, 0.15) is 29.2 Å². The highest BCUT2D eigenvalue weighted by atomic mass is 19.4. The molecule has 2 fully saturated rings. The second-order valence-corrected chi connectivity index (χ2v) is 8.30. The number of hydrogen-bond donors (Lipinski definition) is 2. The van der Waals surface area contributed by atoms with Gasteiger partial charge in [-0.1, -0.05) is 0 Å². The van der Waals surface area contributed by atoms with Crippen LogP contribution in [-0.2, 0) is 0 Å². The Morgan fingerprint density at radius 1 is 1.30 bits per heavy atom. The lowest BCUT2D eigenvalue weighted by atomic mass is 9.61. The number of rotatable bonds is 5. The van der Waals surface area contributed by atoms with Gasteiger partial charge in [0, 0.05) is 25.7 Å². The predicted octanol–water partition coefficient (Wildman–Crippen LogP) is 2.70. The van der Waals surface area contributed by atoms with E-state index in [1.54, 1.807) is 16.8 Å². The van der Waals surface area contributed by atoms with Gasteiger partial charge in [0.1, 0.15) is 22.8 Å². The van der Waals surface area contributed by atoms with Gasteiger partial charge in [-0.2, -0.15) is 18.3 Å². The molecule has 2 heterocycles. The number of amides is 1. The highest BCUT2D eigenvalue weighted by Gasteiger charge is 2.52. The van der Waals surface area contributed by atoms with Crippen LogP contribution >= 0.6 is 0 Å². The van der Waals surface area contributed by atoms with Gasteiger partial charge in [-0.3, -0.25) is 4.79 Å². The first kappa shape index (κ1) is 20.5. The number of carbonyl (C=O) groups excluding carboxylic acids is 1. The molecule has 1 saturated heterocycles. The molecule has 1 amide bonds. The summed E-state index contributed by atoms with van der Waals surface area (Å²) in [6, 6.07) is 6.13. The van der Waals surface area contributed by atoms with Crippen LogP contribution in [0.25, 0.3) is 11.3 Å². The second kappa shape index (κ2) is 7.19. The summed E-state index contributed by atoms with van der Waals surface area (Å²) in [5.74, 6) is 0.0258. The maximum Gasteiger partial charge on any atom is 0.422 e. The van der Waals surface area contributed by atoms with Gasteiger partial charge in [0.05, 0.1) is 6.04 Å². The van der Waals surface area contributed by atoms with Crippen molar-refractivity contribution in [1.82, 2.24) is 20.0 Å². The van der Waals surface area contributed by atoms with Crippen LogP contribution in [0.5, 0.6) is 5.75 Å². The monoisotopic (exact) mass is 423 g/mol. The molecule has 1 aromatic heterocycles. The number of alkyl halides is 3. The van der Waals surface area contributed by atoms with Crippen molar-refractivity contribution in [3.63, 3.8) is 0 Å². The van der Waals surface area contributed by atoms with E-state index >= 15 is 0 Å². The van der Waals surface area contributed by atoms with Crippen LogP contribution in [0.3, 0.4) is 0 Å². The molecule has 3 N–H and O–H groups in total. The minimum absolute atomic E-state index is 0.0833. The summed E-state index contributed by atoms with van der Waals surface area (Å²) in [7, 11) is 3.60. The minimum Gasteiger partial charge on any atom is -0.484 e. The van der Waals surface area contributed by atoms with Crippen molar-refractivity contribution in [2.45, 2.75) is 25.1 Å². The largest absolute Gasteiger partial charge is 0.484 e. The zero-order chi connectivity index (χ0) is 21.7.